The number of alkyl carbamates (subject to hydrolysis) is 1. The molecule has 4 atom stereocenters. The normalized spacial score (nSPS) is 15.3. The zero-order chi connectivity index (χ0) is 23.6. The maximum atomic E-state index is 12.8. The number of aliphatic hydroxyl groups is 1. The summed E-state index contributed by atoms with van der Waals surface area (Å²) < 4.78 is 15.8. The SMILES string of the molecule is CCC(CC(O)CC(C)OC(C)=O)OC(=O)C(Cc1cnc[nH]1)NC(=O)OC(C)(C)C. The van der Waals surface area contributed by atoms with Crippen LogP contribution >= 0.6 is 0 Å². The summed E-state index contributed by atoms with van der Waals surface area (Å²) in [6.07, 6.45) is 1.44. The van der Waals surface area contributed by atoms with Crippen molar-refractivity contribution in [3.63, 3.8) is 0 Å². The summed E-state index contributed by atoms with van der Waals surface area (Å²) in [5.41, 5.74) is -0.0809. The van der Waals surface area contributed by atoms with Crippen molar-refractivity contribution in [2.24, 2.45) is 0 Å². The van der Waals surface area contributed by atoms with Gasteiger partial charge in [0.25, 0.3) is 0 Å². The lowest BCUT2D eigenvalue weighted by atomic mass is 10.0. The van der Waals surface area contributed by atoms with E-state index in [1.54, 1.807) is 33.9 Å². The van der Waals surface area contributed by atoms with Crippen LogP contribution in [0.5, 0.6) is 0 Å². The standard InChI is InChI=1S/C21H35N3O7/c1-7-17(10-16(26)8-13(2)29-14(3)25)30-19(27)18(9-15-11-22-12-23-15)24-20(28)31-21(4,5)6/h11-13,16-18,26H,7-10H2,1-6H3,(H,22,23)(H,24,28). The molecule has 1 heterocycles. The molecule has 1 aromatic rings. The van der Waals surface area contributed by atoms with E-state index in [2.05, 4.69) is 15.3 Å². The first-order valence-corrected chi connectivity index (χ1v) is 10.4. The molecule has 0 saturated heterocycles. The topological polar surface area (TPSA) is 140 Å². The van der Waals surface area contributed by atoms with E-state index in [0.717, 1.165) is 0 Å². The van der Waals surface area contributed by atoms with E-state index >= 15 is 0 Å². The highest BCUT2D eigenvalue weighted by molar-refractivity contribution is 5.81. The number of nitrogens with one attached hydrogen (secondary N) is 2. The molecular formula is C21H35N3O7. The Morgan fingerprint density at radius 1 is 1.23 bits per heavy atom. The second kappa shape index (κ2) is 12.3. The summed E-state index contributed by atoms with van der Waals surface area (Å²) in [6.45, 7) is 9.98. The van der Waals surface area contributed by atoms with Gasteiger partial charge in [0, 0.05) is 38.1 Å². The number of aromatic nitrogens is 2. The molecule has 0 bridgehead atoms. The van der Waals surface area contributed by atoms with Crippen molar-refractivity contribution >= 4 is 18.0 Å². The Balaban J connectivity index is 2.75. The first-order valence-electron chi connectivity index (χ1n) is 10.4. The number of ether oxygens (including phenoxy) is 3. The minimum absolute atomic E-state index is 0.139. The molecule has 176 valence electrons. The molecule has 0 aliphatic carbocycles. The lowest BCUT2D eigenvalue weighted by Crippen LogP contribution is -2.46. The fourth-order valence-corrected chi connectivity index (χ4v) is 2.92. The monoisotopic (exact) mass is 441 g/mol. The van der Waals surface area contributed by atoms with Gasteiger partial charge in [-0.2, -0.15) is 0 Å². The largest absolute Gasteiger partial charge is 0.463 e. The molecule has 4 unspecified atom stereocenters. The predicted octanol–water partition coefficient (Wildman–Crippen LogP) is 2.26. The Morgan fingerprint density at radius 3 is 2.42 bits per heavy atom. The lowest BCUT2D eigenvalue weighted by molar-refractivity contribution is -0.153. The van der Waals surface area contributed by atoms with Crippen LogP contribution in [0, 0.1) is 0 Å². The fourth-order valence-electron chi connectivity index (χ4n) is 2.92. The number of H-pyrrole nitrogens is 1. The Bertz CT molecular complexity index is 700. The molecule has 10 heteroatoms. The van der Waals surface area contributed by atoms with Crippen LogP contribution in [0.3, 0.4) is 0 Å². The van der Waals surface area contributed by atoms with Crippen LogP contribution in [-0.4, -0.2) is 63.1 Å². The van der Waals surface area contributed by atoms with E-state index in [4.69, 9.17) is 14.2 Å². The second-order valence-corrected chi connectivity index (χ2v) is 8.49. The minimum atomic E-state index is -0.999. The molecule has 0 aliphatic heterocycles. The lowest BCUT2D eigenvalue weighted by Gasteiger charge is -2.25. The van der Waals surface area contributed by atoms with E-state index in [-0.39, 0.29) is 19.3 Å². The number of imidazole rings is 1. The highest BCUT2D eigenvalue weighted by Crippen LogP contribution is 2.15. The van der Waals surface area contributed by atoms with Crippen molar-refractivity contribution < 1.29 is 33.7 Å². The third-order valence-corrected chi connectivity index (χ3v) is 4.20. The number of esters is 2. The van der Waals surface area contributed by atoms with E-state index in [1.807, 2.05) is 6.92 Å². The summed E-state index contributed by atoms with van der Waals surface area (Å²) in [7, 11) is 0. The highest BCUT2D eigenvalue weighted by atomic mass is 16.6. The van der Waals surface area contributed by atoms with Gasteiger partial charge >= 0.3 is 18.0 Å². The molecule has 1 amide bonds. The molecule has 0 spiro atoms. The number of rotatable bonds is 11. The summed E-state index contributed by atoms with van der Waals surface area (Å²) in [5, 5.41) is 12.8. The molecule has 0 aliphatic rings. The third-order valence-electron chi connectivity index (χ3n) is 4.20. The van der Waals surface area contributed by atoms with Gasteiger partial charge in [0.15, 0.2) is 0 Å². The maximum absolute atomic E-state index is 12.8. The van der Waals surface area contributed by atoms with Crippen LogP contribution in [0.1, 0.15) is 66.5 Å². The van der Waals surface area contributed by atoms with Crippen LogP contribution in [-0.2, 0) is 30.2 Å². The number of aromatic amines is 1. The molecule has 0 radical (unpaired) electrons. The summed E-state index contributed by atoms with van der Waals surface area (Å²) in [6, 6.07) is -0.999. The quantitative estimate of drug-likeness (QED) is 0.351. The van der Waals surface area contributed by atoms with E-state index in [1.165, 1.54) is 13.3 Å². The molecule has 10 nitrogen and oxygen atoms in total. The van der Waals surface area contributed by atoms with E-state index in [0.29, 0.717) is 12.1 Å². The average molecular weight is 442 g/mol. The molecule has 1 aromatic heterocycles. The van der Waals surface area contributed by atoms with Crippen LogP contribution in [0.15, 0.2) is 12.5 Å². The number of hydrogen-bond acceptors (Lipinski definition) is 8. The van der Waals surface area contributed by atoms with E-state index < -0.39 is 48.0 Å². The number of carbonyl (C=O) groups excluding carboxylic acids is 3. The summed E-state index contributed by atoms with van der Waals surface area (Å²) in [4.78, 5) is 42.8. The van der Waals surface area contributed by atoms with Gasteiger partial charge in [-0.05, 0) is 34.1 Å². The van der Waals surface area contributed by atoms with Crippen LogP contribution in [0.2, 0.25) is 0 Å². The van der Waals surface area contributed by atoms with Crippen molar-refractivity contribution in [2.75, 3.05) is 0 Å². The zero-order valence-corrected chi connectivity index (χ0v) is 19.1. The Morgan fingerprint density at radius 2 is 1.90 bits per heavy atom. The molecule has 0 fully saturated rings. The Kier molecular flexibility index (Phi) is 10.5. The first-order chi connectivity index (χ1) is 14.4. The van der Waals surface area contributed by atoms with Gasteiger partial charge in [-0.3, -0.25) is 4.79 Å². The van der Waals surface area contributed by atoms with Gasteiger partial charge in [0.1, 0.15) is 23.9 Å². The van der Waals surface area contributed by atoms with Gasteiger partial charge in [-0.15, -0.1) is 0 Å². The van der Waals surface area contributed by atoms with Gasteiger partial charge < -0.3 is 29.6 Å². The van der Waals surface area contributed by atoms with E-state index in [9.17, 15) is 19.5 Å². The average Bonchev–Trinajstić information content (AvgIpc) is 3.10. The van der Waals surface area contributed by atoms with Crippen molar-refractivity contribution in [3.05, 3.63) is 18.2 Å². The van der Waals surface area contributed by atoms with Gasteiger partial charge in [0.2, 0.25) is 0 Å². The highest BCUT2D eigenvalue weighted by Gasteiger charge is 2.29. The van der Waals surface area contributed by atoms with Crippen molar-refractivity contribution in [1.82, 2.24) is 15.3 Å². The molecule has 0 aromatic carbocycles. The smallest absolute Gasteiger partial charge is 0.408 e. The first kappa shape index (κ1) is 26.4. The predicted molar refractivity (Wildman–Crippen MR) is 112 cm³/mol. The summed E-state index contributed by atoms with van der Waals surface area (Å²) >= 11 is 0. The Hall–Kier alpha value is -2.62. The van der Waals surface area contributed by atoms with Crippen molar-refractivity contribution in [3.8, 4) is 0 Å². The second-order valence-electron chi connectivity index (χ2n) is 8.49. The molecule has 31 heavy (non-hydrogen) atoms. The molecule has 0 saturated carbocycles. The number of nitrogens with zero attached hydrogens (tertiary/aromatic N) is 1. The fraction of sp³-hybridized carbons (Fsp3) is 0.714. The molecule has 1 rings (SSSR count). The molecule has 3 N–H and O–H groups in total. The number of carbonyl (C=O) groups is 3. The van der Waals surface area contributed by atoms with Crippen LogP contribution in [0.25, 0.3) is 0 Å². The van der Waals surface area contributed by atoms with Crippen LogP contribution in [0.4, 0.5) is 4.79 Å². The van der Waals surface area contributed by atoms with Crippen LogP contribution < -0.4 is 5.32 Å². The van der Waals surface area contributed by atoms with Gasteiger partial charge in [0.05, 0.1) is 12.4 Å². The van der Waals surface area contributed by atoms with Gasteiger partial charge in [-0.1, -0.05) is 6.92 Å². The third kappa shape index (κ3) is 11.4. The Labute approximate surface area is 183 Å². The number of hydrogen-bond donors (Lipinski definition) is 3. The number of amides is 1. The van der Waals surface area contributed by atoms with Crippen molar-refractivity contribution in [2.45, 2.75) is 97.2 Å². The van der Waals surface area contributed by atoms with Crippen molar-refractivity contribution in [1.29, 1.82) is 0 Å². The molecular weight excluding hydrogens is 406 g/mol. The minimum Gasteiger partial charge on any atom is -0.463 e. The van der Waals surface area contributed by atoms with Gasteiger partial charge in [-0.25, -0.2) is 14.6 Å². The summed E-state index contributed by atoms with van der Waals surface area (Å²) in [5.74, 6) is -1.07. The zero-order valence-electron chi connectivity index (χ0n) is 19.1. The maximum Gasteiger partial charge on any atom is 0.408 e. The number of aliphatic hydroxyl groups excluding tert-OH is 1.